The Morgan fingerprint density at radius 1 is 1.35 bits per heavy atom. The van der Waals surface area contributed by atoms with E-state index in [9.17, 15) is 14.3 Å². The van der Waals surface area contributed by atoms with Gasteiger partial charge >= 0.3 is 0 Å². The van der Waals surface area contributed by atoms with E-state index < -0.39 is 11.4 Å². The number of hydrogen-bond acceptors (Lipinski definition) is 5. The van der Waals surface area contributed by atoms with Crippen LogP contribution < -0.4 is 9.64 Å². The van der Waals surface area contributed by atoms with Crippen molar-refractivity contribution in [3.63, 3.8) is 0 Å². The van der Waals surface area contributed by atoms with E-state index in [1.54, 1.807) is 31.7 Å². The lowest BCUT2D eigenvalue weighted by molar-refractivity contribution is -0.134. The molecule has 0 spiro atoms. The van der Waals surface area contributed by atoms with Crippen molar-refractivity contribution in [1.82, 2.24) is 14.7 Å². The Morgan fingerprint density at radius 2 is 2.03 bits per heavy atom. The lowest BCUT2D eigenvalue weighted by Gasteiger charge is -2.41. The Kier molecular flexibility index (Phi) is 6.74. The molecule has 3 rings (SSSR count). The molecule has 0 bridgehead atoms. The fourth-order valence-electron chi connectivity index (χ4n) is 3.75. The van der Waals surface area contributed by atoms with Crippen LogP contribution in [0.1, 0.15) is 32.2 Å². The first-order valence-electron chi connectivity index (χ1n) is 9.97. The monoisotopic (exact) mass is 472 g/mol. The number of rotatable bonds is 5. The SMILES string of the molecule is COc1cc(N2CCN(C(=O)Cn3nc(C(C)(C)O)c(Cl)c3C)C(C)C2)c(F)cc1Cl. The maximum atomic E-state index is 14.5. The highest BCUT2D eigenvalue weighted by Crippen LogP contribution is 2.33. The van der Waals surface area contributed by atoms with Gasteiger partial charge < -0.3 is 19.6 Å². The van der Waals surface area contributed by atoms with Crippen molar-refractivity contribution in [3.05, 3.63) is 39.4 Å². The van der Waals surface area contributed by atoms with E-state index in [4.69, 9.17) is 27.9 Å². The van der Waals surface area contributed by atoms with E-state index >= 15 is 0 Å². The predicted octanol–water partition coefficient (Wildman–Crippen LogP) is 3.61. The molecule has 1 unspecified atom stereocenters. The predicted molar refractivity (Wildman–Crippen MR) is 119 cm³/mol. The number of anilines is 1. The summed E-state index contributed by atoms with van der Waals surface area (Å²) in [5.74, 6) is -0.150. The van der Waals surface area contributed by atoms with Gasteiger partial charge in [-0.2, -0.15) is 5.10 Å². The van der Waals surface area contributed by atoms with Gasteiger partial charge in [0.05, 0.1) is 28.5 Å². The first kappa shape index (κ1) is 23.6. The lowest BCUT2D eigenvalue weighted by atomic mass is 10.1. The van der Waals surface area contributed by atoms with E-state index in [0.29, 0.717) is 47.5 Å². The molecule has 1 amide bonds. The zero-order valence-corrected chi connectivity index (χ0v) is 19.8. The van der Waals surface area contributed by atoms with Crippen LogP contribution in [0.5, 0.6) is 5.75 Å². The van der Waals surface area contributed by atoms with Crippen LogP contribution in [0.2, 0.25) is 10.0 Å². The first-order valence-corrected chi connectivity index (χ1v) is 10.7. The van der Waals surface area contributed by atoms with Crippen LogP contribution in [0, 0.1) is 12.7 Å². The highest BCUT2D eigenvalue weighted by atomic mass is 35.5. The van der Waals surface area contributed by atoms with Gasteiger partial charge in [-0.15, -0.1) is 0 Å². The van der Waals surface area contributed by atoms with Gasteiger partial charge in [0, 0.05) is 31.7 Å². The molecule has 10 heteroatoms. The minimum absolute atomic E-state index is 0.00903. The maximum absolute atomic E-state index is 14.5. The van der Waals surface area contributed by atoms with Crippen LogP contribution in [0.25, 0.3) is 0 Å². The van der Waals surface area contributed by atoms with Crippen LogP contribution in [-0.2, 0) is 16.9 Å². The minimum atomic E-state index is -1.21. The molecule has 1 aromatic carbocycles. The molecule has 1 fully saturated rings. The van der Waals surface area contributed by atoms with Gasteiger partial charge in [-0.3, -0.25) is 9.48 Å². The fraction of sp³-hybridized carbons (Fsp3) is 0.524. The van der Waals surface area contributed by atoms with Crippen molar-refractivity contribution in [2.75, 3.05) is 31.6 Å². The van der Waals surface area contributed by atoms with Crippen molar-refractivity contribution >= 4 is 34.8 Å². The molecule has 1 aromatic heterocycles. The summed E-state index contributed by atoms with van der Waals surface area (Å²) in [6.07, 6.45) is 0. The van der Waals surface area contributed by atoms with Gasteiger partial charge in [-0.1, -0.05) is 23.2 Å². The number of carbonyl (C=O) groups excluding carboxylic acids is 1. The zero-order valence-electron chi connectivity index (χ0n) is 18.2. The van der Waals surface area contributed by atoms with Crippen molar-refractivity contribution in [3.8, 4) is 5.75 Å². The Labute approximate surface area is 191 Å². The van der Waals surface area contributed by atoms with Crippen LogP contribution >= 0.6 is 23.2 Å². The topological polar surface area (TPSA) is 70.8 Å². The standard InChI is InChI=1S/C21H27Cl2FN4O3/c1-12-10-26(16-9-17(31-5)14(22)8-15(16)24)6-7-27(12)18(29)11-28-13(2)19(23)20(25-28)21(3,4)30/h8-9,12,30H,6-7,10-11H2,1-5H3. The van der Waals surface area contributed by atoms with Crippen molar-refractivity contribution < 1.29 is 19.0 Å². The van der Waals surface area contributed by atoms with Gasteiger partial charge in [-0.25, -0.2) is 4.39 Å². The Bertz CT molecular complexity index is 990. The van der Waals surface area contributed by atoms with E-state index in [1.165, 1.54) is 17.9 Å². The largest absolute Gasteiger partial charge is 0.495 e. The van der Waals surface area contributed by atoms with Crippen LogP contribution in [-0.4, -0.2) is 58.5 Å². The number of aromatic nitrogens is 2. The Balaban J connectivity index is 1.73. The van der Waals surface area contributed by atoms with Crippen molar-refractivity contribution in [1.29, 1.82) is 0 Å². The average Bonchev–Trinajstić information content (AvgIpc) is 2.96. The summed E-state index contributed by atoms with van der Waals surface area (Å²) >= 11 is 12.3. The molecule has 0 saturated carbocycles. The van der Waals surface area contributed by atoms with E-state index in [1.807, 2.05) is 11.8 Å². The summed E-state index contributed by atoms with van der Waals surface area (Å²) in [5, 5.41) is 15.1. The Morgan fingerprint density at radius 3 is 2.58 bits per heavy atom. The number of halogens is 3. The molecule has 2 heterocycles. The van der Waals surface area contributed by atoms with Gasteiger partial charge in [-0.05, 0) is 33.8 Å². The van der Waals surface area contributed by atoms with E-state index in [2.05, 4.69) is 5.10 Å². The second kappa shape index (κ2) is 8.84. The maximum Gasteiger partial charge on any atom is 0.244 e. The van der Waals surface area contributed by atoms with Crippen molar-refractivity contribution in [2.45, 2.75) is 45.9 Å². The summed E-state index contributed by atoms with van der Waals surface area (Å²) in [7, 11) is 1.48. The summed E-state index contributed by atoms with van der Waals surface area (Å²) in [4.78, 5) is 16.6. The van der Waals surface area contributed by atoms with Gasteiger partial charge in [0.2, 0.25) is 5.91 Å². The highest BCUT2D eigenvalue weighted by Gasteiger charge is 2.31. The molecule has 0 radical (unpaired) electrons. The number of benzene rings is 1. The van der Waals surface area contributed by atoms with Gasteiger partial charge in [0.25, 0.3) is 0 Å². The number of carbonyl (C=O) groups is 1. The summed E-state index contributed by atoms with van der Waals surface area (Å²) in [6, 6.07) is 2.67. The number of piperazine rings is 1. The van der Waals surface area contributed by atoms with E-state index in [-0.39, 0.29) is 23.5 Å². The molecule has 31 heavy (non-hydrogen) atoms. The molecule has 1 saturated heterocycles. The third-order valence-electron chi connectivity index (χ3n) is 5.51. The molecule has 7 nitrogen and oxygen atoms in total. The number of hydrogen-bond donors (Lipinski definition) is 1. The summed E-state index contributed by atoms with van der Waals surface area (Å²) in [6.45, 7) is 8.23. The van der Waals surface area contributed by atoms with Gasteiger partial charge in [0.15, 0.2) is 0 Å². The lowest BCUT2D eigenvalue weighted by Crippen LogP contribution is -2.55. The average molecular weight is 473 g/mol. The third kappa shape index (κ3) is 4.76. The third-order valence-corrected chi connectivity index (χ3v) is 6.26. The second-order valence-electron chi connectivity index (χ2n) is 8.29. The summed E-state index contributed by atoms with van der Waals surface area (Å²) < 4.78 is 21.2. The van der Waals surface area contributed by atoms with Crippen LogP contribution in [0.4, 0.5) is 10.1 Å². The van der Waals surface area contributed by atoms with Crippen LogP contribution in [0.15, 0.2) is 12.1 Å². The number of amides is 1. The first-order chi connectivity index (χ1) is 14.4. The second-order valence-corrected chi connectivity index (χ2v) is 9.07. The van der Waals surface area contributed by atoms with Crippen molar-refractivity contribution in [2.24, 2.45) is 0 Å². The zero-order chi connectivity index (χ0) is 23.1. The molecule has 170 valence electrons. The molecular formula is C21H27Cl2FN4O3. The number of nitrogens with zero attached hydrogens (tertiary/aromatic N) is 4. The normalized spacial score (nSPS) is 17.3. The molecule has 1 aliphatic heterocycles. The fourth-order valence-corrected chi connectivity index (χ4v) is 4.35. The molecule has 1 atom stereocenters. The molecule has 2 aromatic rings. The molecule has 1 N–H and O–H groups in total. The number of ether oxygens (including phenoxy) is 1. The van der Waals surface area contributed by atoms with Gasteiger partial charge in [0.1, 0.15) is 29.4 Å². The molecular weight excluding hydrogens is 446 g/mol. The smallest absolute Gasteiger partial charge is 0.244 e. The Hall–Kier alpha value is -2.03. The van der Waals surface area contributed by atoms with Crippen LogP contribution in [0.3, 0.4) is 0 Å². The minimum Gasteiger partial charge on any atom is -0.495 e. The highest BCUT2D eigenvalue weighted by molar-refractivity contribution is 6.32. The van der Waals surface area contributed by atoms with E-state index in [0.717, 1.165) is 0 Å². The quantitative estimate of drug-likeness (QED) is 0.719. The number of aliphatic hydroxyl groups is 1. The molecule has 0 aliphatic carbocycles. The molecule has 1 aliphatic rings. The summed E-state index contributed by atoms with van der Waals surface area (Å²) in [5.41, 5.74) is 0.140. The number of methoxy groups -OCH3 is 1.